The van der Waals surface area contributed by atoms with Crippen molar-refractivity contribution in [1.29, 1.82) is 0 Å². The van der Waals surface area contributed by atoms with Gasteiger partial charge in [-0.2, -0.15) is 0 Å². The maximum absolute atomic E-state index is 6.33. The van der Waals surface area contributed by atoms with Crippen molar-refractivity contribution >= 4 is 15.9 Å². The monoisotopic (exact) mass is 340 g/mol. The van der Waals surface area contributed by atoms with E-state index in [4.69, 9.17) is 5.73 Å². The van der Waals surface area contributed by atoms with Crippen LogP contribution in [0.25, 0.3) is 0 Å². The molecule has 0 aromatic heterocycles. The van der Waals surface area contributed by atoms with Gasteiger partial charge in [-0.3, -0.25) is 4.90 Å². The molecule has 20 heavy (non-hydrogen) atoms. The van der Waals surface area contributed by atoms with Gasteiger partial charge < -0.3 is 5.73 Å². The summed E-state index contributed by atoms with van der Waals surface area (Å²) in [7, 11) is 0. The highest BCUT2D eigenvalue weighted by atomic mass is 79.9. The molecule has 0 bridgehead atoms. The van der Waals surface area contributed by atoms with Gasteiger partial charge in [0.15, 0.2) is 0 Å². The Hall–Kier alpha value is -0.380. The van der Waals surface area contributed by atoms with Crippen LogP contribution < -0.4 is 5.73 Å². The van der Waals surface area contributed by atoms with E-state index < -0.39 is 0 Å². The van der Waals surface area contributed by atoms with E-state index >= 15 is 0 Å². The standard InChI is InChI=1S/C17H29BrN2/c1-12(2)10-20(11-13(3)4)17(14(5)19)15-8-6-7-9-16(15)18/h6-9,12-14,17H,10-11,19H2,1-5H3. The van der Waals surface area contributed by atoms with Crippen LogP contribution in [0, 0.1) is 11.8 Å². The summed E-state index contributed by atoms with van der Waals surface area (Å²) < 4.78 is 1.15. The summed E-state index contributed by atoms with van der Waals surface area (Å²) in [6.07, 6.45) is 0. The molecule has 1 aromatic rings. The van der Waals surface area contributed by atoms with Crippen LogP contribution in [0.15, 0.2) is 28.7 Å². The highest BCUT2D eigenvalue weighted by Crippen LogP contribution is 2.31. The van der Waals surface area contributed by atoms with Gasteiger partial charge in [0.2, 0.25) is 0 Å². The molecule has 0 radical (unpaired) electrons. The lowest BCUT2D eigenvalue weighted by molar-refractivity contribution is 0.139. The van der Waals surface area contributed by atoms with Gasteiger partial charge in [0.05, 0.1) is 6.04 Å². The van der Waals surface area contributed by atoms with Crippen LogP contribution in [-0.4, -0.2) is 24.0 Å². The van der Waals surface area contributed by atoms with Gasteiger partial charge in [-0.1, -0.05) is 61.8 Å². The fraction of sp³-hybridized carbons (Fsp3) is 0.647. The number of hydrogen-bond acceptors (Lipinski definition) is 2. The minimum atomic E-state index is 0.103. The molecule has 2 nitrogen and oxygen atoms in total. The highest BCUT2D eigenvalue weighted by Gasteiger charge is 2.26. The van der Waals surface area contributed by atoms with E-state index in [1.54, 1.807) is 0 Å². The van der Waals surface area contributed by atoms with Crippen molar-refractivity contribution in [2.75, 3.05) is 13.1 Å². The minimum absolute atomic E-state index is 0.103. The van der Waals surface area contributed by atoms with E-state index in [1.165, 1.54) is 5.56 Å². The van der Waals surface area contributed by atoms with Crippen LogP contribution in [0.1, 0.15) is 46.2 Å². The zero-order valence-corrected chi connectivity index (χ0v) is 15.0. The van der Waals surface area contributed by atoms with Crippen molar-refractivity contribution in [2.24, 2.45) is 17.6 Å². The van der Waals surface area contributed by atoms with E-state index in [2.05, 4.69) is 79.7 Å². The van der Waals surface area contributed by atoms with E-state index in [9.17, 15) is 0 Å². The molecule has 114 valence electrons. The number of nitrogens with two attached hydrogens (primary N) is 1. The summed E-state index contributed by atoms with van der Waals surface area (Å²) in [6.45, 7) is 13.3. The summed E-state index contributed by atoms with van der Waals surface area (Å²) in [4.78, 5) is 2.54. The van der Waals surface area contributed by atoms with Crippen molar-refractivity contribution in [3.8, 4) is 0 Å². The van der Waals surface area contributed by atoms with Gasteiger partial charge in [-0.15, -0.1) is 0 Å². The molecule has 1 rings (SSSR count). The first-order valence-electron chi connectivity index (χ1n) is 7.57. The van der Waals surface area contributed by atoms with Crippen LogP contribution in [-0.2, 0) is 0 Å². The lowest BCUT2D eigenvalue weighted by Crippen LogP contribution is -2.43. The number of benzene rings is 1. The van der Waals surface area contributed by atoms with E-state index in [0.717, 1.165) is 17.6 Å². The second-order valence-electron chi connectivity index (χ2n) is 6.57. The summed E-state index contributed by atoms with van der Waals surface area (Å²) >= 11 is 3.68. The zero-order valence-electron chi connectivity index (χ0n) is 13.4. The van der Waals surface area contributed by atoms with Crippen molar-refractivity contribution in [1.82, 2.24) is 4.90 Å². The predicted molar refractivity (Wildman–Crippen MR) is 91.8 cm³/mol. The van der Waals surface area contributed by atoms with E-state index in [0.29, 0.717) is 11.8 Å². The first-order chi connectivity index (χ1) is 9.32. The summed E-state index contributed by atoms with van der Waals surface area (Å²) in [5.74, 6) is 1.27. The third-order valence-corrected chi connectivity index (χ3v) is 4.04. The molecular weight excluding hydrogens is 312 g/mol. The predicted octanol–water partition coefficient (Wildman–Crippen LogP) is 4.45. The first-order valence-corrected chi connectivity index (χ1v) is 8.36. The molecule has 0 amide bonds. The maximum atomic E-state index is 6.33. The van der Waals surface area contributed by atoms with Crippen molar-refractivity contribution in [3.63, 3.8) is 0 Å². The second kappa shape index (κ2) is 8.16. The first kappa shape index (κ1) is 17.7. The Morgan fingerprint density at radius 3 is 1.90 bits per heavy atom. The summed E-state index contributed by atoms with van der Waals surface area (Å²) in [5, 5.41) is 0. The third-order valence-electron chi connectivity index (χ3n) is 3.31. The Labute approximate surface area is 132 Å². The largest absolute Gasteiger partial charge is 0.326 e. The van der Waals surface area contributed by atoms with Gasteiger partial charge >= 0.3 is 0 Å². The van der Waals surface area contributed by atoms with Crippen LogP contribution >= 0.6 is 15.9 Å². The van der Waals surface area contributed by atoms with Gasteiger partial charge in [0, 0.05) is 23.6 Å². The summed E-state index contributed by atoms with van der Waals surface area (Å²) in [6, 6.07) is 8.81. The Morgan fingerprint density at radius 2 is 1.50 bits per heavy atom. The molecule has 3 heteroatoms. The van der Waals surface area contributed by atoms with Gasteiger partial charge in [-0.05, 0) is 30.4 Å². The lowest BCUT2D eigenvalue weighted by atomic mass is 9.97. The molecular formula is C17H29BrN2. The van der Waals surface area contributed by atoms with E-state index in [1.807, 2.05) is 0 Å². The fourth-order valence-electron chi connectivity index (χ4n) is 2.77. The molecule has 0 fully saturated rings. The van der Waals surface area contributed by atoms with Crippen LogP contribution in [0.2, 0.25) is 0 Å². The fourth-order valence-corrected chi connectivity index (χ4v) is 3.29. The molecule has 0 aliphatic rings. The van der Waals surface area contributed by atoms with E-state index in [-0.39, 0.29) is 12.1 Å². The molecule has 0 saturated heterocycles. The molecule has 2 N–H and O–H groups in total. The average molecular weight is 341 g/mol. The van der Waals surface area contributed by atoms with Crippen LogP contribution in [0.5, 0.6) is 0 Å². The topological polar surface area (TPSA) is 29.3 Å². The van der Waals surface area contributed by atoms with Crippen molar-refractivity contribution < 1.29 is 0 Å². The Morgan fingerprint density at radius 1 is 1.00 bits per heavy atom. The number of halogens is 1. The molecule has 0 heterocycles. The molecule has 0 saturated carbocycles. The highest BCUT2D eigenvalue weighted by molar-refractivity contribution is 9.10. The van der Waals surface area contributed by atoms with Crippen molar-refractivity contribution in [3.05, 3.63) is 34.3 Å². The second-order valence-corrected chi connectivity index (χ2v) is 7.42. The van der Waals surface area contributed by atoms with Crippen LogP contribution in [0.3, 0.4) is 0 Å². The molecule has 1 aromatic carbocycles. The normalized spacial score (nSPS) is 15.1. The number of nitrogens with zero attached hydrogens (tertiary/aromatic N) is 1. The van der Waals surface area contributed by atoms with Gasteiger partial charge in [0.1, 0.15) is 0 Å². The zero-order chi connectivity index (χ0) is 15.3. The smallest absolute Gasteiger partial charge is 0.0507 e. The molecule has 2 unspecified atom stereocenters. The van der Waals surface area contributed by atoms with Crippen molar-refractivity contribution in [2.45, 2.75) is 46.7 Å². The van der Waals surface area contributed by atoms with Gasteiger partial charge in [-0.25, -0.2) is 0 Å². The molecule has 2 atom stereocenters. The van der Waals surface area contributed by atoms with Gasteiger partial charge in [0.25, 0.3) is 0 Å². The minimum Gasteiger partial charge on any atom is -0.326 e. The molecule has 0 aliphatic carbocycles. The maximum Gasteiger partial charge on any atom is 0.0507 e. The lowest BCUT2D eigenvalue weighted by Gasteiger charge is -2.37. The Balaban J connectivity index is 3.10. The SMILES string of the molecule is CC(C)CN(CC(C)C)C(c1ccccc1Br)C(C)N. The molecule has 0 spiro atoms. The number of rotatable bonds is 7. The summed E-state index contributed by atoms with van der Waals surface area (Å²) in [5.41, 5.74) is 7.62. The van der Waals surface area contributed by atoms with Crippen LogP contribution in [0.4, 0.5) is 0 Å². The average Bonchev–Trinajstić information content (AvgIpc) is 2.29. The third kappa shape index (κ3) is 5.19. The number of hydrogen-bond donors (Lipinski definition) is 1. The molecule has 0 aliphatic heterocycles. The quantitative estimate of drug-likeness (QED) is 0.794. The Bertz CT molecular complexity index is 392. The Kier molecular flexibility index (Phi) is 7.21.